The maximum Gasteiger partial charge on any atom is 0.0824 e. The minimum absolute atomic E-state index is 0.287. The topological polar surface area (TPSA) is 33.1 Å². The van der Waals surface area contributed by atoms with Crippen molar-refractivity contribution in [2.45, 2.75) is 25.4 Å². The highest BCUT2D eigenvalue weighted by molar-refractivity contribution is 5.32. The van der Waals surface area contributed by atoms with E-state index in [0.29, 0.717) is 0 Å². The summed E-state index contributed by atoms with van der Waals surface area (Å²) in [7, 11) is 0. The Labute approximate surface area is 107 Å². The van der Waals surface area contributed by atoms with E-state index in [0.717, 1.165) is 30.5 Å². The molecule has 2 heteroatoms. The summed E-state index contributed by atoms with van der Waals surface area (Å²) in [5.74, 6) is 0.287. The molecule has 0 spiro atoms. The molecule has 0 radical (unpaired) electrons. The minimum atomic E-state index is -0.350. The molecule has 1 N–H and O–H groups in total. The molecule has 18 heavy (non-hydrogen) atoms. The molecule has 2 atom stereocenters. The summed E-state index contributed by atoms with van der Waals surface area (Å²) < 4.78 is 0. The standard InChI is InChI=1S/C16H17NO/c18-16-13(11-14-6-3-4-10-17-14)9-8-12-5-1-2-7-15(12)16/h1-7,10,13,16,18H,8-9,11H2. The van der Waals surface area contributed by atoms with Crippen LogP contribution in [0.2, 0.25) is 0 Å². The first kappa shape index (κ1) is 11.4. The number of aliphatic hydroxyl groups is 1. The van der Waals surface area contributed by atoms with Gasteiger partial charge in [0, 0.05) is 11.9 Å². The summed E-state index contributed by atoms with van der Waals surface area (Å²) in [5.41, 5.74) is 3.47. The molecule has 0 saturated heterocycles. The van der Waals surface area contributed by atoms with Crippen molar-refractivity contribution in [1.82, 2.24) is 4.98 Å². The van der Waals surface area contributed by atoms with Crippen LogP contribution in [0, 0.1) is 5.92 Å². The lowest BCUT2D eigenvalue weighted by atomic mass is 9.79. The van der Waals surface area contributed by atoms with Crippen LogP contribution in [0.1, 0.15) is 29.3 Å². The Bertz CT molecular complexity index is 524. The van der Waals surface area contributed by atoms with E-state index in [1.165, 1.54) is 5.56 Å². The first-order valence-electron chi connectivity index (χ1n) is 6.50. The number of hydrogen-bond donors (Lipinski definition) is 1. The van der Waals surface area contributed by atoms with Crippen LogP contribution >= 0.6 is 0 Å². The van der Waals surface area contributed by atoms with E-state index in [9.17, 15) is 5.11 Å². The minimum Gasteiger partial charge on any atom is -0.388 e. The molecule has 92 valence electrons. The van der Waals surface area contributed by atoms with E-state index in [4.69, 9.17) is 0 Å². The number of aryl methyl sites for hydroxylation is 1. The van der Waals surface area contributed by atoms with E-state index in [2.05, 4.69) is 11.1 Å². The molecule has 2 aromatic rings. The quantitative estimate of drug-likeness (QED) is 0.874. The van der Waals surface area contributed by atoms with Gasteiger partial charge in [-0.25, -0.2) is 0 Å². The van der Waals surface area contributed by atoms with E-state index < -0.39 is 0 Å². The lowest BCUT2D eigenvalue weighted by Gasteiger charge is -2.29. The van der Waals surface area contributed by atoms with Crippen LogP contribution in [-0.2, 0) is 12.8 Å². The van der Waals surface area contributed by atoms with Crippen molar-refractivity contribution in [3.05, 3.63) is 65.5 Å². The van der Waals surface area contributed by atoms with Crippen LogP contribution in [0.4, 0.5) is 0 Å². The van der Waals surface area contributed by atoms with Crippen molar-refractivity contribution in [2.24, 2.45) is 5.92 Å². The molecule has 3 rings (SSSR count). The molecular weight excluding hydrogens is 222 g/mol. The first-order valence-corrected chi connectivity index (χ1v) is 6.50. The molecule has 1 heterocycles. The van der Waals surface area contributed by atoms with Crippen molar-refractivity contribution < 1.29 is 5.11 Å². The predicted molar refractivity (Wildman–Crippen MR) is 71.2 cm³/mol. The molecular formula is C16H17NO. The Morgan fingerprint density at radius 3 is 2.78 bits per heavy atom. The average molecular weight is 239 g/mol. The smallest absolute Gasteiger partial charge is 0.0824 e. The highest BCUT2D eigenvalue weighted by Gasteiger charge is 2.27. The lowest BCUT2D eigenvalue weighted by molar-refractivity contribution is 0.0931. The molecule has 2 nitrogen and oxygen atoms in total. The summed E-state index contributed by atoms with van der Waals surface area (Å²) >= 11 is 0. The second-order valence-electron chi connectivity index (χ2n) is 4.97. The van der Waals surface area contributed by atoms with Gasteiger partial charge in [0.2, 0.25) is 0 Å². The summed E-state index contributed by atoms with van der Waals surface area (Å²) in [6.45, 7) is 0. The van der Waals surface area contributed by atoms with E-state index in [-0.39, 0.29) is 12.0 Å². The molecule has 0 saturated carbocycles. The zero-order valence-electron chi connectivity index (χ0n) is 10.3. The molecule has 1 aliphatic rings. The van der Waals surface area contributed by atoms with Gasteiger partial charge < -0.3 is 5.11 Å². The Morgan fingerprint density at radius 2 is 1.94 bits per heavy atom. The number of benzene rings is 1. The van der Waals surface area contributed by atoms with Gasteiger partial charge in [0.1, 0.15) is 0 Å². The van der Waals surface area contributed by atoms with Gasteiger partial charge in [-0.2, -0.15) is 0 Å². The van der Waals surface area contributed by atoms with E-state index in [1.807, 2.05) is 42.6 Å². The van der Waals surface area contributed by atoms with Gasteiger partial charge in [-0.15, -0.1) is 0 Å². The van der Waals surface area contributed by atoms with Gasteiger partial charge in [-0.1, -0.05) is 30.3 Å². The maximum absolute atomic E-state index is 10.5. The predicted octanol–water partition coefficient (Wildman–Crippen LogP) is 2.92. The molecule has 1 aliphatic carbocycles. The Balaban J connectivity index is 1.81. The number of rotatable bonds is 2. The molecule has 0 amide bonds. The van der Waals surface area contributed by atoms with Crippen molar-refractivity contribution in [2.75, 3.05) is 0 Å². The number of nitrogens with zero attached hydrogens (tertiary/aromatic N) is 1. The Morgan fingerprint density at radius 1 is 1.11 bits per heavy atom. The molecule has 2 unspecified atom stereocenters. The largest absolute Gasteiger partial charge is 0.388 e. The van der Waals surface area contributed by atoms with Crippen molar-refractivity contribution >= 4 is 0 Å². The van der Waals surface area contributed by atoms with Crippen LogP contribution in [0.3, 0.4) is 0 Å². The number of aliphatic hydroxyl groups excluding tert-OH is 1. The SMILES string of the molecule is OC1c2ccccc2CCC1Cc1ccccn1. The summed E-state index contributed by atoms with van der Waals surface area (Å²) in [5, 5.41) is 10.5. The molecule has 0 fully saturated rings. The third-order valence-corrected chi connectivity index (χ3v) is 3.80. The van der Waals surface area contributed by atoms with Crippen LogP contribution in [0.15, 0.2) is 48.7 Å². The van der Waals surface area contributed by atoms with Crippen molar-refractivity contribution in [1.29, 1.82) is 0 Å². The zero-order valence-corrected chi connectivity index (χ0v) is 10.3. The van der Waals surface area contributed by atoms with Crippen LogP contribution in [-0.4, -0.2) is 10.1 Å². The lowest BCUT2D eigenvalue weighted by Crippen LogP contribution is -2.22. The number of hydrogen-bond acceptors (Lipinski definition) is 2. The van der Waals surface area contributed by atoms with Gasteiger partial charge >= 0.3 is 0 Å². The number of fused-ring (bicyclic) bond motifs is 1. The first-order chi connectivity index (χ1) is 8.84. The van der Waals surface area contributed by atoms with Crippen molar-refractivity contribution in [3.8, 4) is 0 Å². The maximum atomic E-state index is 10.5. The third kappa shape index (κ3) is 2.16. The summed E-state index contributed by atoms with van der Waals surface area (Å²) in [4.78, 5) is 4.35. The Kier molecular flexibility index (Phi) is 3.11. The molecule has 0 aliphatic heterocycles. The second-order valence-corrected chi connectivity index (χ2v) is 4.97. The van der Waals surface area contributed by atoms with E-state index in [1.54, 1.807) is 0 Å². The third-order valence-electron chi connectivity index (χ3n) is 3.80. The molecule has 1 aromatic heterocycles. The normalized spacial score (nSPS) is 22.5. The van der Waals surface area contributed by atoms with Crippen molar-refractivity contribution in [3.63, 3.8) is 0 Å². The fraction of sp³-hybridized carbons (Fsp3) is 0.312. The fourth-order valence-electron chi connectivity index (χ4n) is 2.80. The second kappa shape index (κ2) is 4.91. The zero-order chi connectivity index (χ0) is 12.4. The summed E-state index contributed by atoms with van der Waals surface area (Å²) in [6, 6.07) is 14.2. The monoisotopic (exact) mass is 239 g/mol. The average Bonchev–Trinajstić information content (AvgIpc) is 2.43. The number of pyridine rings is 1. The van der Waals surface area contributed by atoms with Gasteiger partial charge in [-0.05, 0) is 48.4 Å². The highest BCUT2D eigenvalue weighted by atomic mass is 16.3. The summed E-state index contributed by atoms with van der Waals surface area (Å²) in [6.07, 6.45) is 4.42. The Hall–Kier alpha value is -1.67. The van der Waals surface area contributed by atoms with Gasteiger partial charge in [0.05, 0.1) is 6.10 Å². The van der Waals surface area contributed by atoms with Gasteiger partial charge in [0.15, 0.2) is 0 Å². The fourth-order valence-corrected chi connectivity index (χ4v) is 2.80. The number of aromatic nitrogens is 1. The molecule has 1 aromatic carbocycles. The highest BCUT2D eigenvalue weighted by Crippen LogP contribution is 2.35. The van der Waals surface area contributed by atoms with Crippen LogP contribution < -0.4 is 0 Å². The van der Waals surface area contributed by atoms with Crippen LogP contribution in [0.5, 0.6) is 0 Å². The van der Waals surface area contributed by atoms with Gasteiger partial charge in [-0.3, -0.25) is 4.98 Å². The van der Waals surface area contributed by atoms with Crippen LogP contribution in [0.25, 0.3) is 0 Å². The van der Waals surface area contributed by atoms with E-state index >= 15 is 0 Å². The van der Waals surface area contributed by atoms with Gasteiger partial charge in [0.25, 0.3) is 0 Å². The molecule has 0 bridgehead atoms.